The minimum absolute atomic E-state index is 0.0223. The Morgan fingerprint density at radius 1 is 1.50 bits per heavy atom. The summed E-state index contributed by atoms with van der Waals surface area (Å²) in [5, 5.41) is 17.0. The van der Waals surface area contributed by atoms with E-state index in [2.05, 4.69) is 15.6 Å². The number of hydrogen-bond donors (Lipinski definition) is 3. The number of urea groups is 1. The number of furan rings is 1. The van der Waals surface area contributed by atoms with Gasteiger partial charge in [-0.25, -0.2) is 9.78 Å². The van der Waals surface area contributed by atoms with Gasteiger partial charge in [0.2, 0.25) is 0 Å². The SMILES string of the molecule is Cc1cnc([C@H](NC(=O)N[C@@H](C)C[C@@H](O)c2ccco2)C2CC2)s1. The zero-order valence-electron chi connectivity index (χ0n) is 13.9. The molecule has 2 heterocycles. The molecule has 2 aromatic heterocycles. The number of aliphatic hydroxyl groups is 1. The zero-order chi connectivity index (χ0) is 17.1. The Bertz CT molecular complexity index is 666. The summed E-state index contributed by atoms with van der Waals surface area (Å²) in [4.78, 5) is 17.9. The number of nitrogens with zero attached hydrogens (tertiary/aromatic N) is 1. The molecule has 0 unspecified atom stereocenters. The lowest BCUT2D eigenvalue weighted by Crippen LogP contribution is -2.43. The fourth-order valence-corrected chi connectivity index (χ4v) is 3.64. The topological polar surface area (TPSA) is 87.4 Å². The smallest absolute Gasteiger partial charge is 0.315 e. The highest BCUT2D eigenvalue weighted by atomic mass is 32.1. The minimum atomic E-state index is -0.726. The molecule has 3 atom stereocenters. The van der Waals surface area contributed by atoms with Crippen LogP contribution in [0.25, 0.3) is 0 Å². The Hall–Kier alpha value is -1.86. The molecule has 0 saturated heterocycles. The molecule has 0 aromatic carbocycles. The van der Waals surface area contributed by atoms with E-state index in [9.17, 15) is 9.90 Å². The third-order valence-electron chi connectivity index (χ3n) is 4.11. The number of aliphatic hydroxyl groups excluding tert-OH is 1. The average molecular weight is 349 g/mol. The Balaban J connectivity index is 1.52. The predicted octanol–water partition coefficient (Wildman–Crippen LogP) is 3.31. The lowest BCUT2D eigenvalue weighted by molar-refractivity contribution is 0.129. The number of nitrogens with one attached hydrogen (secondary N) is 2. The van der Waals surface area contributed by atoms with Crippen LogP contribution < -0.4 is 10.6 Å². The van der Waals surface area contributed by atoms with Crippen LogP contribution in [0.4, 0.5) is 4.79 Å². The summed E-state index contributed by atoms with van der Waals surface area (Å²) >= 11 is 1.63. The molecule has 1 fully saturated rings. The average Bonchev–Trinajstić information content (AvgIpc) is 3.04. The first-order chi connectivity index (χ1) is 11.5. The first-order valence-corrected chi connectivity index (χ1v) is 9.05. The van der Waals surface area contributed by atoms with Crippen LogP contribution in [-0.2, 0) is 0 Å². The Morgan fingerprint density at radius 3 is 2.88 bits per heavy atom. The van der Waals surface area contributed by atoms with E-state index in [1.165, 1.54) is 6.26 Å². The highest BCUT2D eigenvalue weighted by molar-refractivity contribution is 7.11. The number of aromatic nitrogens is 1. The van der Waals surface area contributed by atoms with Crippen molar-refractivity contribution >= 4 is 17.4 Å². The lowest BCUT2D eigenvalue weighted by atomic mass is 10.1. The molecular weight excluding hydrogens is 326 g/mol. The van der Waals surface area contributed by atoms with E-state index >= 15 is 0 Å². The molecule has 7 heteroatoms. The van der Waals surface area contributed by atoms with Crippen molar-refractivity contribution in [1.82, 2.24) is 15.6 Å². The largest absolute Gasteiger partial charge is 0.467 e. The van der Waals surface area contributed by atoms with Gasteiger partial charge in [0.05, 0.1) is 12.3 Å². The quantitative estimate of drug-likeness (QED) is 0.716. The third-order valence-corrected chi connectivity index (χ3v) is 5.11. The third kappa shape index (κ3) is 4.36. The maximum absolute atomic E-state index is 12.3. The summed E-state index contributed by atoms with van der Waals surface area (Å²) in [6.07, 6.45) is 5.28. The van der Waals surface area contributed by atoms with E-state index in [1.54, 1.807) is 23.5 Å². The van der Waals surface area contributed by atoms with Gasteiger partial charge >= 0.3 is 6.03 Å². The van der Waals surface area contributed by atoms with Gasteiger partial charge in [0.25, 0.3) is 0 Å². The van der Waals surface area contributed by atoms with Crippen LogP contribution in [0.5, 0.6) is 0 Å². The van der Waals surface area contributed by atoms with Gasteiger partial charge in [0.15, 0.2) is 0 Å². The van der Waals surface area contributed by atoms with E-state index in [4.69, 9.17) is 4.42 Å². The predicted molar refractivity (Wildman–Crippen MR) is 91.7 cm³/mol. The van der Waals surface area contributed by atoms with Gasteiger partial charge in [-0.05, 0) is 44.7 Å². The molecule has 0 bridgehead atoms. The molecule has 0 radical (unpaired) electrons. The number of hydrogen-bond acceptors (Lipinski definition) is 5. The molecule has 130 valence electrons. The molecule has 6 nitrogen and oxygen atoms in total. The van der Waals surface area contributed by atoms with E-state index in [0.29, 0.717) is 18.1 Å². The van der Waals surface area contributed by atoms with Gasteiger partial charge in [0.1, 0.15) is 16.9 Å². The second-order valence-corrected chi connectivity index (χ2v) is 7.68. The van der Waals surface area contributed by atoms with Crippen LogP contribution in [0.3, 0.4) is 0 Å². The van der Waals surface area contributed by atoms with Crippen LogP contribution in [0.15, 0.2) is 29.0 Å². The van der Waals surface area contributed by atoms with Crippen molar-refractivity contribution in [1.29, 1.82) is 0 Å². The normalized spacial score (nSPS) is 18.0. The minimum Gasteiger partial charge on any atom is -0.467 e. The Morgan fingerprint density at radius 2 is 2.29 bits per heavy atom. The van der Waals surface area contributed by atoms with Gasteiger partial charge in [0, 0.05) is 23.5 Å². The van der Waals surface area contributed by atoms with Crippen LogP contribution in [-0.4, -0.2) is 22.2 Å². The number of thiazole rings is 1. The van der Waals surface area contributed by atoms with Gasteiger partial charge < -0.3 is 20.2 Å². The summed E-state index contributed by atoms with van der Waals surface area (Å²) in [6, 6.07) is 3.04. The Kier molecular flexibility index (Phi) is 5.20. The van der Waals surface area contributed by atoms with Crippen molar-refractivity contribution in [2.45, 2.75) is 51.3 Å². The molecule has 1 aliphatic rings. The number of carbonyl (C=O) groups is 1. The maximum Gasteiger partial charge on any atom is 0.315 e. The van der Waals surface area contributed by atoms with Gasteiger partial charge in [-0.15, -0.1) is 11.3 Å². The molecule has 3 rings (SSSR count). The molecule has 0 spiro atoms. The number of rotatable bonds is 7. The van der Waals surface area contributed by atoms with Crippen molar-refractivity contribution in [3.05, 3.63) is 40.2 Å². The molecule has 24 heavy (non-hydrogen) atoms. The van der Waals surface area contributed by atoms with Crippen molar-refractivity contribution in [3.63, 3.8) is 0 Å². The van der Waals surface area contributed by atoms with Gasteiger partial charge in [-0.2, -0.15) is 0 Å². The summed E-state index contributed by atoms with van der Waals surface area (Å²) < 4.78 is 5.18. The maximum atomic E-state index is 12.3. The monoisotopic (exact) mass is 349 g/mol. The van der Waals surface area contributed by atoms with Gasteiger partial charge in [-0.3, -0.25) is 0 Å². The molecule has 0 aliphatic heterocycles. The fourth-order valence-electron chi connectivity index (χ4n) is 2.72. The molecule has 2 aromatic rings. The van der Waals surface area contributed by atoms with Crippen LogP contribution in [0.2, 0.25) is 0 Å². The van der Waals surface area contributed by atoms with Crippen LogP contribution >= 0.6 is 11.3 Å². The summed E-state index contributed by atoms with van der Waals surface area (Å²) in [5.41, 5.74) is 0. The van der Waals surface area contributed by atoms with Crippen molar-refractivity contribution < 1.29 is 14.3 Å². The van der Waals surface area contributed by atoms with E-state index in [1.807, 2.05) is 20.0 Å². The lowest BCUT2D eigenvalue weighted by Gasteiger charge is -2.20. The van der Waals surface area contributed by atoms with Crippen molar-refractivity contribution in [3.8, 4) is 0 Å². The zero-order valence-corrected chi connectivity index (χ0v) is 14.7. The summed E-state index contributed by atoms with van der Waals surface area (Å²) in [5.74, 6) is 0.989. The molecule has 1 aliphatic carbocycles. The summed E-state index contributed by atoms with van der Waals surface area (Å²) in [6.45, 7) is 3.88. The highest BCUT2D eigenvalue weighted by Gasteiger charge is 2.35. The van der Waals surface area contributed by atoms with E-state index in [-0.39, 0.29) is 18.1 Å². The first kappa shape index (κ1) is 17.0. The highest BCUT2D eigenvalue weighted by Crippen LogP contribution is 2.42. The van der Waals surface area contributed by atoms with Crippen LogP contribution in [0.1, 0.15) is 54.0 Å². The second-order valence-electron chi connectivity index (χ2n) is 6.41. The van der Waals surface area contributed by atoms with E-state index in [0.717, 1.165) is 22.7 Å². The van der Waals surface area contributed by atoms with Crippen LogP contribution in [0, 0.1) is 12.8 Å². The van der Waals surface area contributed by atoms with E-state index < -0.39 is 6.10 Å². The number of aryl methyl sites for hydroxylation is 1. The molecule has 3 N–H and O–H groups in total. The number of carbonyl (C=O) groups excluding carboxylic acids is 1. The molecule has 1 saturated carbocycles. The molecule has 2 amide bonds. The molecular formula is C17H23N3O3S. The van der Waals surface area contributed by atoms with Crippen molar-refractivity contribution in [2.24, 2.45) is 5.92 Å². The number of amides is 2. The standard InChI is InChI=1S/C17H23N3O3S/c1-10(8-13(21)14-4-3-7-23-14)19-17(22)20-15(12-5-6-12)16-18-9-11(2)24-16/h3-4,7,9-10,12-13,15,21H,5-6,8H2,1-2H3,(H2,19,20,22)/t10-,13+,15+/m0/s1. The first-order valence-electron chi connectivity index (χ1n) is 8.23. The van der Waals surface area contributed by atoms with Crippen molar-refractivity contribution in [2.75, 3.05) is 0 Å². The Labute approximate surface area is 145 Å². The van der Waals surface area contributed by atoms with Gasteiger partial charge in [-0.1, -0.05) is 0 Å². The summed E-state index contributed by atoms with van der Waals surface area (Å²) in [7, 11) is 0. The fraction of sp³-hybridized carbons (Fsp3) is 0.529. The second kappa shape index (κ2) is 7.36.